The summed E-state index contributed by atoms with van der Waals surface area (Å²) >= 11 is 1.71. The fraction of sp³-hybridized carbons (Fsp3) is 0.571. The van der Waals surface area contributed by atoms with Crippen LogP contribution in [0.25, 0.3) is 10.3 Å². The van der Waals surface area contributed by atoms with Gasteiger partial charge in [0, 0.05) is 16.5 Å². The number of pyridine rings is 1. The minimum atomic E-state index is 0.0973. The second-order valence-corrected chi connectivity index (χ2v) is 7.52. The van der Waals surface area contributed by atoms with Gasteiger partial charge < -0.3 is 0 Å². The third kappa shape index (κ3) is 2.49. The Morgan fingerprint density at radius 1 is 0.882 bits per heavy atom. The molecule has 92 valence electrons. The summed E-state index contributed by atoms with van der Waals surface area (Å²) < 4.78 is 0. The molecule has 0 unspecified atom stereocenters. The van der Waals surface area contributed by atoms with Crippen molar-refractivity contribution in [3.63, 3.8) is 0 Å². The van der Waals surface area contributed by atoms with Crippen LogP contribution >= 0.6 is 11.3 Å². The second kappa shape index (κ2) is 3.77. The summed E-state index contributed by atoms with van der Waals surface area (Å²) in [4.78, 5) is 10.5. The highest BCUT2D eigenvalue weighted by molar-refractivity contribution is 7.18. The molecule has 2 aromatic rings. The van der Waals surface area contributed by atoms with E-state index in [-0.39, 0.29) is 10.8 Å². The fourth-order valence-electron chi connectivity index (χ4n) is 1.56. The highest BCUT2D eigenvalue weighted by Crippen LogP contribution is 2.31. The van der Waals surface area contributed by atoms with Gasteiger partial charge in [-0.3, -0.25) is 0 Å². The lowest BCUT2D eigenvalue weighted by atomic mass is 9.92. The number of hydrogen-bond acceptors (Lipinski definition) is 3. The molecule has 0 amide bonds. The van der Waals surface area contributed by atoms with Crippen molar-refractivity contribution in [2.75, 3.05) is 0 Å². The summed E-state index contributed by atoms with van der Waals surface area (Å²) in [6.45, 7) is 13.1. The van der Waals surface area contributed by atoms with Gasteiger partial charge in [0.1, 0.15) is 15.4 Å². The van der Waals surface area contributed by atoms with Crippen LogP contribution in [0.2, 0.25) is 0 Å². The topological polar surface area (TPSA) is 25.8 Å². The number of hydrogen-bond donors (Lipinski definition) is 0. The van der Waals surface area contributed by atoms with E-state index in [0.717, 1.165) is 21.0 Å². The van der Waals surface area contributed by atoms with Crippen LogP contribution in [0.1, 0.15) is 52.2 Å². The first kappa shape index (κ1) is 12.5. The summed E-state index contributed by atoms with van der Waals surface area (Å²) in [5.41, 5.74) is 2.36. The highest BCUT2D eigenvalue weighted by atomic mass is 32.1. The van der Waals surface area contributed by atoms with Gasteiger partial charge in [-0.15, -0.1) is 0 Å². The van der Waals surface area contributed by atoms with Gasteiger partial charge in [-0.1, -0.05) is 52.9 Å². The van der Waals surface area contributed by atoms with Gasteiger partial charge in [0.25, 0.3) is 0 Å². The zero-order valence-electron chi connectivity index (χ0n) is 11.5. The van der Waals surface area contributed by atoms with Gasteiger partial charge in [-0.25, -0.2) is 9.97 Å². The van der Waals surface area contributed by atoms with Crippen LogP contribution in [0, 0.1) is 0 Å². The SMILES string of the molecule is CC(C)(C)c1ccc2nc(C(C)(C)C)sc2n1. The molecule has 0 saturated heterocycles. The van der Waals surface area contributed by atoms with Crippen LogP contribution < -0.4 is 0 Å². The number of aromatic nitrogens is 2. The molecule has 2 aromatic heterocycles. The first-order chi connectivity index (χ1) is 7.68. The van der Waals surface area contributed by atoms with E-state index in [4.69, 9.17) is 4.98 Å². The van der Waals surface area contributed by atoms with Crippen molar-refractivity contribution in [1.29, 1.82) is 0 Å². The van der Waals surface area contributed by atoms with Crippen LogP contribution in [-0.2, 0) is 10.8 Å². The summed E-state index contributed by atoms with van der Waals surface area (Å²) in [6, 6.07) is 4.18. The van der Waals surface area contributed by atoms with Crippen LogP contribution in [-0.4, -0.2) is 9.97 Å². The molecule has 2 heterocycles. The molecule has 0 atom stereocenters. The lowest BCUT2D eigenvalue weighted by molar-refractivity contribution is 0.572. The molecule has 0 fully saturated rings. The monoisotopic (exact) mass is 248 g/mol. The maximum absolute atomic E-state index is 4.74. The molecule has 3 heteroatoms. The second-order valence-electron chi connectivity index (χ2n) is 6.54. The molecule has 0 radical (unpaired) electrons. The zero-order valence-corrected chi connectivity index (χ0v) is 12.3. The average Bonchev–Trinajstić information content (AvgIpc) is 2.57. The van der Waals surface area contributed by atoms with Crippen molar-refractivity contribution in [1.82, 2.24) is 9.97 Å². The van der Waals surface area contributed by atoms with Gasteiger partial charge in [0.2, 0.25) is 0 Å². The zero-order chi connectivity index (χ0) is 12.8. The lowest BCUT2D eigenvalue weighted by Gasteiger charge is -2.16. The molecule has 0 aliphatic heterocycles. The van der Waals surface area contributed by atoms with E-state index < -0.39 is 0 Å². The van der Waals surface area contributed by atoms with Crippen molar-refractivity contribution >= 4 is 21.7 Å². The van der Waals surface area contributed by atoms with E-state index in [0.29, 0.717) is 0 Å². The third-order valence-electron chi connectivity index (χ3n) is 2.67. The smallest absolute Gasteiger partial charge is 0.143 e. The van der Waals surface area contributed by atoms with Gasteiger partial charge in [-0.05, 0) is 12.1 Å². The predicted octanol–water partition coefficient (Wildman–Crippen LogP) is 4.29. The van der Waals surface area contributed by atoms with Crippen molar-refractivity contribution in [2.24, 2.45) is 0 Å². The predicted molar refractivity (Wildman–Crippen MR) is 74.8 cm³/mol. The number of nitrogens with zero attached hydrogens (tertiary/aromatic N) is 2. The van der Waals surface area contributed by atoms with Crippen LogP contribution in [0.3, 0.4) is 0 Å². The molecule has 2 nitrogen and oxygen atoms in total. The first-order valence-electron chi connectivity index (χ1n) is 5.96. The summed E-state index contributed by atoms with van der Waals surface area (Å²) in [6.07, 6.45) is 0. The molecule has 17 heavy (non-hydrogen) atoms. The van der Waals surface area contributed by atoms with Crippen LogP contribution in [0.5, 0.6) is 0 Å². The van der Waals surface area contributed by atoms with E-state index in [2.05, 4.69) is 58.7 Å². The molecule has 2 rings (SSSR count). The molecule has 0 aliphatic carbocycles. The molecular weight excluding hydrogens is 228 g/mol. The average molecular weight is 248 g/mol. The molecule has 0 saturated carbocycles. The molecular formula is C14H20N2S. The van der Waals surface area contributed by atoms with Gasteiger partial charge in [-0.2, -0.15) is 0 Å². The van der Waals surface area contributed by atoms with E-state index in [1.165, 1.54) is 0 Å². The van der Waals surface area contributed by atoms with E-state index in [1.807, 2.05) is 0 Å². The summed E-state index contributed by atoms with van der Waals surface area (Å²) in [5, 5.41) is 1.16. The van der Waals surface area contributed by atoms with E-state index in [9.17, 15) is 0 Å². The molecule has 0 aromatic carbocycles. The maximum Gasteiger partial charge on any atom is 0.143 e. The number of fused-ring (bicyclic) bond motifs is 1. The van der Waals surface area contributed by atoms with Gasteiger partial charge in [0.15, 0.2) is 0 Å². The first-order valence-corrected chi connectivity index (χ1v) is 6.78. The number of thiazole rings is 1. The fourth-order valence-corrected chi connectivity index (χ4v) is 2.55. The molecule has 0 aliphatic rings. The molecule has 0 bridgehead atoms. The quantitative estimate of drug-likeness (QED) is 0.695. The largest absolute Gasteiger partial charge is 0.240 e. The van der Waals surface area contributed by atoms with Crippen molar-refractivity contribution in [3.05, 3.63) is 22.8 Å². The van der Waals surface area contributed by atoms with Crippen molar-refractivity contribution in [3.8, 4) is 0 Å². The Hall–Kier alpha value is -0.960. The van der Waals surface area contributed by atoms with Crippen LogP contribution in [0.4, 0.5) is 0 Å². The Kier molecular flexibility index (Phi) is 2.77. The minimum absolute atomic E-state index is 0.0973. The lowest BCUT2D eigenvalue weighted by Crippen LogP contribution is -2.12. The van der Waals surface area contributed by atoms with E-state index >= 15 is 0 Å². The Bertz CT molecular complexity index is 529. The standard InChI is InChI=1S/C14H20N2S/c1-13(2,3)10-8-7-9-11(16-10)17-12(15-9)14(4,5)6/h7-8H,1-6H3. The third-order valence-corrected chi connectivity index (χ3v) is 4.06. The summed E-state index contributed by atoms with van der Waals surface area (Å²) in [7, 11) is 0. The highest BCUT2D eigenvalue weighted by Gasteiger charge is 2.21. The molecule has 0 spiro atoms. The minimum Gasteiger partial charge on any atom is -0.240 e. The molecule has 0 N–H and O–H groups in total. The number of rotatable bonds is 0. The Labute approximate surface area is 107 Å². The Morgan fingerprint density at radius 2 is 1.53 bits per heavy atom. The van der Waals surface area contributed by atoms with E-state index in [1.54, 1.807) is 11.3 Å². The summed E-state index contributed by atoms with van der Waals surface area (Å²) in [5.74, 6) is 0. The maximum atomic E-state index is 4.74. The van der Waals surface area contributed by atoms with Crippen LogP contribution in [0.15, 0.2) is 12.1 Å². The normalized spacial score (nSPS) is 13.3. The van der Waals surface area contributed by atoms with Gasteiger partial charge >= 0.3 is 0 Å². The Morgan fingerprint density at radius 3 is 2.06 bits per heavy atom. The van der Waals surface area contributed by atoms with Crippen molar-refractivity contribution in [2.45, 2.75) is 52.4 Å². The van der Waals surface area contributed by atoms with Crippen molar-refractivity contribution < 1.29 is 0 Å². The Balaban J connectivity index is 2.56. The van der Waals surface area contributed by atoms with Gasteiger partial charge in [0.05, 0.1) is 0 Å².